The van der Waals surface area contributed by atoms with Crippen LogP contribution in [0.3, 0.4) is 0 Å². The molecular weight excluding hydrogens is 638 g/mol. The van der Waals surface area contributed by atoms with Crippen LogP contribution in [0.4, 0.5) is 0 Å². The first-order chi connectivity index (χ1) is 23.9. The van der Waals surface area contributed by atoms with Gasteiger partial charge in [-0.1, -0.05) is 81.2 Å². The van der Waals surface area contributed by atoms with E-state index in [0.29, 0.717) is 42.2 Å². The molecule has 3 aromatic rings. The first-order valence-corrected chi connectivity index (χ1v) is 17.0. The standard InChI is InChI=1S/C33H35N3O5.C3H5Cl.C2H6.C2H2/c1-2-7-22-12-13-25(32(37)35-40)20-26(22)21-41-28-17-14-23(15-18-28)31-34-29-19-16-24(33(38)39)8-6-11-30(29)36(31)27-9-4-3-5-10-27;1-2-3-4;2*1-2/h2,6,8,12-18,20,27,40H,1,3-5,7,9-11,19,21H2,(H,35,37)(H,38,39);2-3H,1H3;1-2H3;1-2H/b8-6-,24-16?;3-2+;;. The summed E-state index contributed by atoms with van der Waals surface area (Å²) in [6.07, 6.45) is 24.5. The van der Waals surface area contributed by atoms with E-state index in [2.05, 4.69) is 24.0 Å². The zero-order chi connectivity index (χ0) is 36.2. The van der Waals surface area contributed by atoms with Gasteiger partial charge in [0.1, 0.15) is 18.2 Å². The number of carbonyl (C=O) groups excluding carboxylic acids is 1. The van der Waals surface area contributed by atoms with Crippen LogP contribution < -0.4 is 10.2 Å². The molecule has 1 amide bonds. The summed E-state index contributed by atoms with van der Waals surface area (Å²) in [6, 6.07) is 13.5. The molecule has 0 unspecified atom stereocenters. The quantitative estimate of drug-likeness (QED) is 0.0896. The van der Waals surface area contributed by atoms with E-state index in [4.69, 9.17) is 26.5 Å². The smallest absolute Gasteiger partial charge is 0.335 e. The van der Waals surface area contributed by atoms with Crippen molar-refractivity contribution in [3.8, 4) is 30.0 Å². The van der Waals surface area contributed by atoms with Crippen molar-refractivity contribution in [3.05, 3.63) is 119 Å². The van der Waals surface area contributed by atoms with E-state index in [1.54, 1.807) is 41.9 Å². The highest BCUT2D eigenvalue weighted by molar-refractivity contribution is 6.25. The van der Waals surface area contributed by atoms with E-state index in [0.717, 1.165) is 46.7 Å². The SMILES string of the molecule is C#C.C/C=C/Cl.C=CCc1ccc(C(=O)NO)cc1COc1ccc(-c2nc3c(n2C2CCCCC2)C/C=C\C(C(=O)O)=CC3)cc1.CC. The Labute approximate surface area is 295 Å². The summed E-state index contributed by atoms with van der Waals surface area (Å²) < 4.78 is 8.50. The van der Waals surface area contributed by atoms with Gasteiger partial charge in [-0.15, -0.1) is 19.4 Å². The van der Waals surface area contributed by atoms with Gasteiger partial charge in [-0.3, -0.25) is 10.0 Å². The van der Waals surface area contributed by atoms with Gasteiger partial charge < -0.3 is 14.4 Å². The van der Waals surface area contributed by atoms with Crippen LogP contribution >= 0.6 is 11.6 Å². The number of imidazole rings is 1. The van der Waals surface area contributed by atoms with E-state index in [1.807, 2.05) is 57.2 Å². The molecular formula is C40H48ClN3O5. The number of terminal acetylenes is 1. The largest absolute Gasteiger partial charge is 0.489 e. The average Bonchev–Trinajstić information content (AvgIpc) is 3.50. The van der Waals surface area contributed by atoms with Crippen LogP contribution in [0.5, 0.6) is 5.75 Å². The van der Waals surface area contributed by atoms with Crippen molar-refractivity contribution in [1.29, 1.82) is 0 Å². The van der Waals surface area contributed by atoms with Crippen molar-refractivity contribution in [2.75, 3.05) is 0 Å². The molecule has 9 heteroatoms. The number of carboxylic acids is 1. The Morgan fingerprint density at radius 2 is 1.76 bits per heavy atom. The molecule has 0 atom stereocenters. The molecule has 0 spiro atoms. The number of nitrogens with one attached hydrogen (secondary N) is 1. The van der Waals surface area contributed by atoms with Gasteiger partial charge in [0.15, 0.2) is 0 Å². The van der Waals surface area contributed by atoms with E-state index < -0.39 is 11.9 Å². The number of rotatable bonds is 9. The lowest BCUT2D eigenvalue weighted by Gasteiger charge is -2.27. The molecule has 1 aromatic heterocycles. The molecule has 8 nitrogen and oxygen atoms in total. The average molecular weight is 686 g/mol. The number of aromatic nitrogens is 2. The number of carboxylic acid groups (broad SMARTS) is 1. The number of hydroxylamine groups is 1. The van der Waals surface area contributed by atoms with E-state index in [-0.39, 0.29) is 6.61 Å². The summed E-state index contributed by atoms with van der Waals surface area (Å²) in [5.74, 6) is 0.0900. The minimum Gasteiger partial charge on any atom is -0.489 e. The second kappa shape index (κ2) is 21.9. The highest BCUT2D eigenvalue weighted by Gasteiger charge is 2.25. The third-order valence-electron chi connectivity index (χ3n) is 7.97. The van der Waals surface area contributed by atoms with Crippen LogP contribution in [0.25, 0.3) is 11.4 Å². The summed E-state index contributed by atoms with van der Waals surface area (Å²) in [5.41, 5.74) is 8.69. The molecule has 5 rings (SSSR count). The van der Waals surface area contributed by atoms with Crippen molar-refractivity contribution >= 4 is 23.5 Å². The van der Waals surface area contributed by atoms with Crippen LogP contribution in [0.2, 0.25) is 0 Å². The number of fused-ring (bicyclic) bond motifs is 1. The molecule has 2 aromatic carbocycles. The predicted molar refractivity (Wildman–Crippen MR) is 198 cm³/mol. The van der Waals surface area contributed by atoms with Gasteiger partial charge in [0.2, 0.25) is 0 Å². The van der Waals surface area contributed by atoms with E-state index in [1.165, 1.54) is 24.8 Å². The fraction of sp³-hybridized carbons (Fsp3) is 0.325. The van der Waals surface area contributed by atoms with Crippen LogP contribution in [-0.4, -0.2) is 31.7 Å². The topological polar surface area (TPSA) is 114 Å². The van der Waals surface area contributed by atoms with Crippen LogP contribution in [0.15, 0.2) is 90.5 Å². The lowest BCUT2D eigenvalue weighted by atomic mass is 9.94. The van der Waals surface area contributed by atoms with Crippen LogP contribution in [0, 0.1) is 12.8 Å². The molecule has 0 aliphatic heterocycles. The molecule has 49 heavy (non-hydrogen) atoms. The van der Waals surface area contributed by atoms with Crippen molar-refractivity contribution in [1.82, 2.24) is 15.0 Å². The van der Waals surface area contributed by atoms with Gasteiger partial charge in [-0.2, -0.15) is 0 Å². The Balaban J connectivity index is 0.000000956. The Bertz CT molecular complexity index is 1620. The third kappa shape index (κ3) is 11.4. The Morgan fingerprint density at radius 1 is 1.08 bits per heavy atom. The maximum atomic E-state index is 11.9. The van der Waals surface area contributed by atoms with Gasteiger partial charge in [-0.05, 0) is 79.2 Å². The predicted octanol–water partition coefficient (Wildman–Crippen LogP) is 9.18. The number of allylic oxidation sites excluding steroid dienone is 4. The molecule has 0 radical (unpaired) electrons. The van der Waals surface area contributed by atoms with Crippen molar-refractivity contribution in [3.63, 3.8) is 0 Å². The number of halogens is 1. The number of aliphatic carboxylic acids is 1. The highest BCUT2D eigenvalue weighted by Crippen LogP contribution is 2.36. The lowest BCUT2D eigenvalue weighted by molar-refractivity contribution is -0.132. The summed E-state index contributed by atoms with van der Waals surface area (Å²) >= 11 is 5.01. The zero-order valence-electron chi connectivity index (χ0n) is 28.7. The number of amides is 1. The fourth-order valence-corrected chi connectivity index (χ4v) is 5.74. The first kappa shape index (κ1) is 40.3. The van der Waals surface area contributed by atoms with Crippen molar-refractivity contribution in [2.45, 2.75) is 84.8 Å². The summed E-state index contributed by atoms with van der Waals surface area (Å²) in [4.78, 5) is 28.6. The molecule has 1 saturated carbocycles. The maximum Gasteiger partial charge on any atom is 0.335 e. The number of nitrogens with zero attached hydrogens (tertiary/aromatic N) is 2. The number of hydrogen-bond donors (Lipinski definition) is 3. The summed E-state index contributed by atoms with van der Waals surface area (Å²) in [5, 5.41) is 18.5. The number of carbonyl (C=O) groups is 2. The maximum absolute atomic E-state index is 11.9. The van der Waals surface area contributed by atoms with Crippen molar-refractivity contribution < 1.29 is 24.6 Å². The zero-order valence-corrected chi connectivity index (χ0v) is 29.5. The van der Waals surface area contributed by atoms with Gasteiger partial charge in [0, 0.05) is 35.7 Å². The van der Waals surface area contributed by atoms with Crippen LogP contribution in [-0.2, 0) is 30.7 Å². The first-order valence-electron chi connectivity index (χ1n) is 16.5. The minimum atomic E-state index is -0.924. The summed E-state index contributed by atoms with van der Waals surface area (Å²) in [6.45, 7) is 9.94. The second-order valence-electron chi connectivity index (χ2n) is 11.0. The van der Waals surface area contributed by atoms with Gasteiger partial charge in [0.05, 0.1) is 11.3 Å². The minimum absolute atomic E-state index is 0.255. The Hall–Kier alpha value is -4.84. The third-order valence-corrected chi connectivity index (χ3v) is 8.22. The molecule has 0 bridgehead atoms. The number of ether oxygens (including phenoxy) is 1. The summed E-state index contributed by atoms with van der Waals surface area (Å²) in [7, 11) is 0. The molecule has 1 heterocycles. The van der Waals surface area contributed by atoms with Crippen LogP contribution in [0.1, 0.15) is 91.8 Å². The van der Waals surface area contributed by atoms with E-state index in [9.17, 15) is 14.7 Å². The molecule has 1 fully saturated rings. The molecule has 3 N–H and O–H groups in total. The molecule has 2 aliphatic carbocycles. The van der Waals surface area contributed by atoms with Gasteiger partial charge in [-0.25, -0.2) is 15.3 Å². The van der Waals surface area contributed by atoms with E-state index >= 15 is 0 Å². The Kier molecular flexibility index (Phi) is 18.0. The number of benzene rings is 2. The molecule has 2 aliphatic rings. The number of hydrogen-bond acceptors (Lipinski definition) is 5. The second-order valence-corrected chi connectivity index (χ2v) is 11.2. The molecule has 260 valence electrons. The fourth-order valence-electron chi connectivity index (χ4n) is 5.74. The monoisotopic (exact) mass is 685 g/mol. The van der Waals surface area contributed by atoms with Gasteiger partial charge >= 0.3 is 5.97 Å². The van der Waals surface area contributed by atoms with Crippen molar-refractivity contribution in [2.24, 2.45) is 0 Å². The Morgan fingerprint density at radius 3 is 2.35 bits per heavy atom. The highest BCUT2D eigenvalue weighted by atomic mass is 35.5. The van der Waals surface area contributed by atoms with Gasteiger partial charge in [0.25, 0.3) is 5.91 Å². The normalized spacial score (nSPS) is 14.4. The lowest BCUT2D eigenvalue weighted by Crippen LogP contribution is -2.19. The molecule has 0 saturated heterocycles.